The Morgan fingerprint density at radius 2 is 1.62 bits per heavy atom. The highest BCUT2D eigenvalue weighted by atomic mass is 19.4. The number of nitrogens with zero attached hydrogens (tertiary/aromatic N) is 2. The van der Waals surface area contributed by atoms with E-state index in [-0.39, 0.29) is 5.69 Å². The van der Waals surface area contributed by atoms with Crippen LogP contribution in [0.2, 0.25) is 0 Å². The molecule has 3 rings (SSSR count). The van der Waals surface area contributed by atoms with E-state index in [0.29, 0.717) is 0 Å². The van der Waals surface area contributed by atoms with Crippen molar-refractivity contribution >= 4 is 5.91 Å². The summed E-state index contributed by atoms with van der Waals surface area (Å²) in [6, 6.07) is 7.55. The van der Waals surface area contributed by atoms with Gasteiger partial charge in [0.25, 0.3) is 0 Å². The van der Waals surface area contributed by atoms with Gasteiger partial charge < -0.3 is 5.73 Å². The number of para-hydroxylation sites is 1. The van der Waals surface area contributed by atoms with Crippen LogP contribution in [0, 0.1) is 11.6 Å². The maximum absolute atomic E-state index is 13.8. The Balaban J connectivity index is 2.20. The fraction of sp³-hybridized carbons (Fsp3) is 0.0588. The van der Waals surface area contributed by atoms with Gasteiger partial charge in [-0.15, -0.1) is 0 Å². The first kappa shape index (κ1) is 17.6. The molecule has 4 nitrogen and oxygen atoms in total. The zero-order valence-electron chi connectivity index (χ0n) is 12.9. The van der Waals surface area contributed by atoms with Gasteiger partial charge in [-0.25, -0.2) is 13.5 Å². The van der Waals surface area contributed by atoms with Crippen LogP contribution >= 0.6 is 0 Å². The molecule has 0 saturated heterocycles. The highest BCUT2D eigenvalue weighted by Gasteiger charge is 2.38. The molecule has 9 heteroatoms. The third-order valence-electron chi connectivity index (χ3n) is 3.65. The van der Waals surface area contributed by atoms with E-state index in [2.05, 4.69) is 5.10 Å². The van der Waals surface area contributed by atoms with Gasteiger partial charge in [0.15, 0.2) is 11.6 Å². The van der Waals surface area contributed by atoms with E-state index in [1.54, 1.807) is 0 Å². The summed E-state index contributed by atoms with van der Waals surface area (Å²) in [4.78, 5) is 11.4. The molecule has 0 unspecified atom stereocenters. The number of aromatic nitrogens is 2. The minimum Gasteiger partial charge on any atom is -0.366 e. The lowest BCUT2D eigenvalue weighted by Gasteiger charge is -2.14. The fourth-order valence-corrected chi connectivity index (χ4v) is 2.58. The molecule has 134 valence electrons. The first-order valence-electron chi connectivity index (χ1n) is 7.20. The lowest BCUT2D eigenvalue weighted by molar-refractivity contribution is -0.137. The van der Waals surface area contributed by atoms with Crippen LogP contribution in [0.5, 0.6) is 0 Å². The summed E-state index contributed by atoms with van der Waals surface area (Å²) in [5.74, 6) is -3.11. The molecule has 3 aromatic rings. The molecule has 0 fully saturated rings. The molecular formula is C17H10F5N3O. The van der Waals surface area contributed by atoms with E-state index in [0.717, 1.165) is 47.3 Å². The van der Waals surface area contributed by atoms with Gasteiger partial charge in [-0.1, -0.05) is 18.2 Å². The number of amides is 1. The first-order valence-corrected chi connectivity index (χ1v) is 7.20. The summed E-state index contributed by atoms with van der Waals surface area (Å²) >= 11 is 0. The number of primary amides is 1. The van der Waals surface area contributed by atoms with E-state index in [9.17, 15) is 26.7 Å². The van der Waals surface area contributed by atoms with Crippen molar-refractivity contribution in [3.8, 4) is 16.9 Å². The van der Waals surface area contributed by atoms with Crippen molar-refractivity contribution in [1.82, 2.24) is 9.78 Å². The summed E-state index contributed by atoms with van der Waals surface area (Å²) in [5, 5.41) is 3.83. The van der Waals surface area contributed by atoms with Crippen molar-refractivity contribution < 1.29 is 26.7 Å². The Hall–Kier alpha value is -3.23. The van der Waals surface area contributed by atoms with E-state index >= 15 is 0 Å². The van der Waals surface area contributed by atoms with Crippen LogP contribution in [0.15, 0.2) is 48.7 Å². The first-order chi connectivity index (χ1) is 12.2. The van der Waals surface area contributed by atoms with E-state index in [4.69, 9.17) is 5.73 Å². The van der Waals surface area contributed by atoms with Gasteiger partial charge in [-0.2, -0.15) is 18.3 Å². The van der Waals surface area contributed by atoms with E-state index in [1.165, 1.54) is 6.07 Å². The molecule has 0 aliphatic rings. The monoisotopic (exact) mass is 367 g/mol. The second kappa shape index (κ2) is 6.25. The number of hydrogen-bond donors (Lipinski definition) is 1. The minimum atomic E-state index is -4.88. The van der Waals surface area contributed by atoms with Crippen LogP contribution < -0.4 is 5.73 Å². The fourth-order valence-electron chi connectivity index (χ4n) is 2.58. The predicted molar refractivity (Wildman–Crippen MR) is 82.4 cm³/mol. The number of halogens is 5. The van der Waals surface area contributed by atoms with Crippen molar-refractivity contribution in [2.24, 2.45) is 5.73 Å². The van der Waals surface area contributed by atoms with Gasteiger partial charge in [0.1, 0.15) is 5.69 Å². The summed E-state index contributed by atoms with van der Waals surface area (Å²) in [6.45, 7) is 0. The molecule has 1 amide bonds. The molecule has 0 spiro atoms. The molecule has 0 radical (unpaired) electrons. The molecule has 0 atom stereocenters. The molecule has 0 bridgehead atoms. The quantitative estimate of drug-likeness (QED) is 0.713. The number of carbonyl (C=O) groups excluding carboxylic acids is 1. The predicted octanol–water partition coefficient (Wildman–Crippen LogP) is 3.94. The van der Waals surface area contributed by atoms with Crippen LogP contribution in [0.4, 0.5) is 22.0 Å². The highest BCUT2D eigenvalue weighted by molar-refractivity contribution is 5.96. The zero-order chi connectivity index (χ0) is 19.1. The maximum Gasteiger partial charge on any atom is 0.417 e. The average Bonchev–Trinajstić information content (AvgIpc) is 3.02. The van der Waals surface area contributed by atoms with Gasteiger partial charge in [-0.3, -0.25) is 4.79 Å². The molecule has 0 aliphatic heterocycles. The normalized spacial score (nSPS) is 11.6. The number of rotatable bonds is 3. The number of carbonyl (C=O) groups is 1. The molecule has 1 aromatic heterocycles. The highest BCUT2D eigenvalue weighted by Crippen LogP contribution is 2.39. The smallest absolute Gasteiger partial charge is 0.366 e. The Labute approximate surface area is 143 Å². The third-order valence-corrected chi connectivity index (χ3v) is 3.65. The van der Waals surface area contributed by atoms with Crippen molar-refractivity contribution in [1.29, 1.82) is 0 Å². The maximum atomic E-state index is 13.8. The SMILES string of the molecule is NC(=O)c1cccc(-c2ccn(-c3c(F)cccc3F)n2)c1C(F)(F)F. The molecule has 26 heavy (non-hydrogen) atoms. The number of alkyl halides is 3. The molecule has 1 heterocycles. The van der Waals surface area contributed by atoms with Crippen molar-refractivity contribution in [2.45, 2.75) is 6.18 Å². The summed E-state index contributed by atoms with van der Waals surface area (Å²) in [6.07, 6.45) is -3.76. The number of hydrogen-bond acceptors (Lipinski definition) is 2. The summed E-state index contributed by atoms with van der Waals surface area (Å²) < 4.78 is 68.8. The second-order valence-electron chi connectivity index (χ2n) is 5.31. The van der Waals surface area contributed by atoms with Crippen LogP contribution in [0.25, 0.3) is 16.9 Å². The van der Waals surface area contributed by atoms with Gasteiger partial charge in [-0.05, 0) is 24.3 Å². The summed E-state index contributed by atoms with van der Waals surface area (Å²) in [7, 11) is 0. The van der Waals surface area contributed by atoms with Gasteiger partial charge in [0, 0.05) is 11.8 Å². The van der Waals surface area contributed by atoms with E-state index < -0.39 is 46.1 Å². The Morgan fingerprint density at radius 1 is 1.00 bits per heavy atom. The number of nitrogens with two attached hydrogens (primary N) is 1. The topological polar surface area (TPSA) is 60.9 Å². The average molecular weight is 367 g/mol. The summed E-state index contributed by atoms with van der Waals surface area (Å²) in [5.41, 5.74) is 1.88. The van der Waals surface area contributed by atoms with Crippen LogP contribution in [-0.2, 0) is 6.18 Å². The van der Waals surface area contributed by atoms with Crippen molar-refractivity contribution in [3.05, 3.63) is 71.4 Å². The lowest BCUT2D eigenvalue weighted by Crippen LogP contribution is -2.20. The largest absolute Gasteiger partial charge is 0.417 e. The molecule has 2 aromatic carbocycles. The third kappa shape index (κ3) is 3.03. The minimum absolute atomic E-state index is 0.219. The lowest BCUT2D eigenvalue weighted by atomic mass is 9.98. The van der Waals surface area contributed by atoms with Crippen LogP contribution in [0.3, 0.4) is 0 Å². The standard InChI is InChI=1S/C17H10F5N3O/c18-11-5-2-6-12(19)15(11)25-8-7-13(24-25)9-3-1-4-10(16(23)26)14(9)17(20,21)22/h1-8H,(H2,23,26). The Kier molecular flexibility index (Phi) is 4.23. The van der Waals surface area contributed by atoms with Gasteiger partial charge in [0.05, 0.1) is 16.8 Å². The second-order valence-corrected chi connectivity index (χ2v) is 5.31. The molecule has 2 N–H and O–H groups in total. The molecule has 0 aliphatic carbocycles. The van der Waals surface area contributed by atoms with Gasteiger partial charge >= 0.3 is 6.18 Å². The molecule has 0 saturated carbocycles. The van der Waals surface area contributed by atoms with E-state index in [1.807, 2.05) is 0 Å². The Bertz CT molecular complexity index is 974. The number of benzene rings is 2. The van der Waals surface area contributed by atoms with Crippen LogP contribution in [-0.4, -0.2) is 15.7 Å². The molecular weight excluding hydrogens is 357 g/mol. The van der Waals surface area contributed by atoms with Crippen molar-refractivity contribution in [2.75, 3.05) is 0 Å². The van der Waals surface area contributed by atoms with Crippen molar-refractivity contribution in [3.63, 3.8) is 0 Å². The zero-order valence-corrected chi connectivity index (χ0v) is 12.9. The Morgan fingerprint density at radius 3 is 2.19 bits per heavy atom. The van der Waals surface area contributed by atoms with Gasteiger partial charge in [0.2, 0.25) is 5.91 Å². The van der Waals surface area contributed by atoms with Crippen LogP contribution in [0.1, 0.15) is 15.9 Å².